The van der Waals surface area contributed by atoms with Gasteiger partial charge in [-0.2, -0.15) is 0 Å². The van der Waals surface area contributed by atoms with Crippen LogP contribution in [0.25, 0.3) is 0 Å². The maximum atomic E-state index is 12.8. The average molecular weight is 338 g/mol. The molecule has 23 heavy (non-hydrogen) atoms. The van der Waals surface area contributed by atoms with Crippen molar-refractivity contribution in [3.8, 4) is 0 Å². The SMILES string of the molecule is CN(C(=O)C1CC1)c1ccccc1C(=O)N(C)C1CCNC1.Cl. The number of likely N-dealkylation sites (N-methyl/N-ethyl adjacent to an activating group) is 1. The van der Waals surface area contributed by atoms with Gasteiger partial charge in [-0.25, -0.2) is 0 Å². The van der Waals surface area contributed by atoms with Crippen LogP contribution in [0.15, 0.2) is 24.3 Å². The van der Waals surface area contributed by atoms with E-state index in [1.165, 1.54) is 0 Å². The molecule has 6 heteroatoms. The summed E-state index contributed by atoms with van der Waals surface area (Å²) >= 11 is 0. The van der Waals surface area contributed by atoms with Gasteiger partial charge < -0.3 is 15.1 Å². The molecular formula is C17H24ClN3O2. The highest BCUT2D eigenvalue weighted by Crippen LogP contribution is 2.33. The molecule has 0 radical (unpaired) electrons. The zero-order valence-electron chi connectivity index (χ0n) is 13.6. The Labute approximate surface area is 143 Å². The lowest BCUT2D eigenvalue weighted by Gasteiger charge is -2.27. The van der Waals surface area contributed by atoms with Gasteiger partial charge in [-0.05, 0) is 37.9 Å². The molecule has 1 aromatic carbocycles. The summed E-state index contributed by atoms with van der Waals surface area (Å²) in [5, 5.41) is 3.28. The Balaban J connectivity index is 0.00000192. The maximum absolute atomic E-state index is 12.8. The van der Waals surface area contributed by atoms with Crippen LogP contribution < -0.4 is 10.2 Å². The van der Waals surface area contributed by atoms with E-state index in [1.807, 2.05) is 31.3 Å². The second-order valence-corrected chi connectivity index (χ2v) is 6.25. The lowest BCUT2D eigenvalue weighted by atomic mass is 10.1. The number of nitrogens with zero attached hydrogens (tertiary/aromatic N) is 2. The number of carbonyl (C=O) groups is 2. The van der Waals surface area contributed by atoms with Crippen LogP contribution in [-0.4, -0.2) is 49.9 Å². The number of hydrogen-bond donors (Lipinski definition) is 1. The molecule has 1 N–H and O–H groups in total. The number of para-hydroxylation sites is 1. The minimum absolute atomic E-state index is 0. The fraction of sp³-hybridized carbons (Fsp3) is 0.529. The third kappa shape index (κ3) is 3.67. The fourth-order valence-corrected chi connectivity index (χ4v) is 3.00. The van der Waals surface area contributed by atoms with Gasteiger partial charge in [-0.1, -0.05) is 12.1 Å². The number of halogens is 1. The van der Waals surface area contributed by atoms with Crippen LogP contribution >= 0.6 is 12.4 Å². The van der Waals surface area contributed by atoms with E-state index >= 15 is 0 Å². The Kier molecular flexibility index (Phi) is 5.65. The molecule has 0 aromatic heterocycles. The van der Waals surface area contributed by atoms with Crippen molar-refractivity contribution < 1.29 is 9.59 Å². The first-order valence-corrected chi connectivity index (χ1v) is 7.94. The number of benzene rings is 1. The summed E-state index contributed by atoms with van der Waals surface area (Å²) < 4.78 is 0. The molecule has 1 unspecified atom stereocenters. The first-order valence-electron chi connectivity index (χ1n) is 7.94. The van der Waals surface area contributed by atoms with Gasteiger partial charge in [0.15, 0.2) is 0 Å². The topological polar surface area (TPSA) is 52.7 Å². The summed E-state index contributed by atoms with van der Waals surface area (Å²) in [6.07, 6.45) is 2.90. The number of nitrogens with one attached hydrogen (secondary N) is 1. The lowest BCUT2D eigenvalue weighted by molar-refractivity contribution is -0.119. The monoisotopic (exact) mass is 337 g/mol. The van der Waals surface area contributed by atoms with Gasteiger partial charge in [0.2, 0.25) is 5.91 Å². The Morgan fingerprint density at radius 3 is 2.43 bits per heavy atom. The van der Waals surface area contributed by atoms with Crippen molar-refractivity contribution in [1.82, 2.24) is 10.2 Å². The summed E-state index contributed by atoms with van der Waals surface area (Å²) in [4.78, 5) is 28.6. The average Bonchev–Trinajstić information content (AvgIpc) is 3.26. The van der Waals surface area contributed by atoms with Crippen LogP contribution in [-0.2, 0) is 4.79 Å². The molecule has 0 spiro atoms. The molecule has 1 aliphatic carbocycles. The van der Waals surface area contributed by atoms with Gasteiger partial charge in [0.1, 0.15) is 0 Å². The van der Waals surface area contributed by atoms with E-state index in [-0.39, 0.29) is 36.2 Å². The normalized spacial score (nSPS) is 19.8. The van der Waals surface area contributed by atoms with Gasteiger partial charge in [0.05, 0.1) is 11.3 Å². The summed E-state index contributed by atoms with van der Waals surface area (Å²) in [5.74, 6) is 0.245. The van der Waals surface area contributed by atoms with Crippen molar-refractivity contribution in [3.05, 3.63) is 29.8 Å². The third-order valence-corrected chi connectivity index (χ3v) is 4.66. The van der Waals surface area contributed by atoms with E-state index in [9.17, 15) is 9.59 Å². The summed E-state index contributed by atoms with van der Waals surface area (Å²) in [6.45, 7) is 1.78. The molecule has 1 saturated carbocycles. The zero-order valence-corrected chi connectivity index (χ0v) is 14.4. The molecule has 1 heterocycles. The van der Waals surface area contributed by atoms with Crippen LogP contribution in [0, 0.1) is 5.92 Å². The molecule has 1 aromatic rings. The Morgan fingerprint density at radius 2 is 1.83 bits per heavy atom. The highest BCUT2D eigenvalue weighted by molar-refractivity contribution is 6.05. The van der Waals surface area contributed by atoms with Crippen LogP contribution in [0.1, 0.15) is 29.6 Å². The predicted molar refractivity (Wildman–Crippen MR) is 93.2 cm³/mol. The van der Waals surface area contributed by atoms with E-state index in [0.29, 0.717) is 11.3 Å². The molecule has 2 fully saturated rings. The third-order valence-electron chi connectivity index (χ3n) is 4.66. The minimum Gasteiger partial charge on any atom is -0.337 e. The number of carbonyl (C=O) groups excluding carboxylic acids is 2. The predicted octanol–water partition coefficient (Wildman–Crippen LogP) is 1.92. The quantitative estimate of drug-likeness (QED) is 0.913. The van der Waals surface area contributed by atoms with Gasteiger partial charge in [-0.15, -0.1) is 12.4 Å². The Hall–Kier alpha value is -1.59. The largest absolute Gasteiger partial charge is 0.337 e. The standard InChI is InChI=1S/C17H23N3O2.ClH/c1-19(13-9-10-18-11-13)17(22)14-5-3-4-6-15(14)20(2)16(21)12-7-8-12;/h3-6,12-13,18H,7-11H2,1-2H3;1H. The van der Waals surface area contributed by atoms with Crippen molar-refractivity contribution >= 4 is 29.9 Å². The van der Waals surface area contributed by atoms with Gasteiger partial charge >= 0.3 is 0 Å². The van der Waals surface area contributed by atoms with Crippen LogP contribution in [0.4, 0.5) is 5.69 Å². The van der Waals surface area contributed by atoms with E-state index in [2.05, 4.69) is 5.32 Å². The van der Waals surface area contributed by atoms with E-state index < -0.39 is 0 Å². The van der Waals surface area contributed by atoms with Crippen molar-refractivity contribution in [2.24, 2.45) is 5.92 Å². The number of hydrogen-bond acceptors (Lipinski definition) is 3. The molecule has 3 rings (SSSR count). The van der Waals surface area contributed by atoms with E-state index in [4.69, 9.17) is 0 Å². The molecule has 0 bridgehead atoms. The molecular weight excluding hydrogens is 314 g/mol. The zero-order chi connectivity index (χ0) is 15.7. The second-order valence-electron chi connectivity index (χ2n) is 6.25. The summed E-state index contributed by atoms with van der Waals surface area (Å²) in [6, 6.07) is 7.62. The highest BCUT2D eigenvalue weighted by Gasteiger charge is 2.34. The number of anilines is 1. The smallest absolute Gasteiger partial charge is 0.256 e. The second kappa shape index (κ2) is 7.32. The summed E-state index contributed by atoms with van der Waals surface area (Å²) in [5.41, 5.74) is 1.32. The van der Waals surface area contributed by atoms with Crippen LogP contribution in [0.2, 0.25) is 0 Å². The van der Waals surface area contributed by atoms with Crippen molar-refractivity contribution in [3.63, 3.8) is 0 Å². The van der Waals surface area contributed by atoms with Gasteiger partial charge in [0.25, 0.3) is 5.91 Å². The van der Waals surface area contributed by atoms with Crippen LogP contribution in [0.3, 0.4) is 0 Å². The number of amides is 2. The summed E-state index contributed by atoms with van der Waals surface area (Å²) in [7, 11) is 3.61. The van der Waals surface area contributed by atoms with Crippen molar-refractivity contribution in [1.29, 1.82) is 0 Å². The maximum Gasteiger partial charge on any atom is 0.256 e. The molecule has 2 aliphatic rings. The van der Waals surface area contributed by atoms with E-state index in [0.717, 1.165) is 32.4 Å². The molecule has 1 atom stereocenters. The molecule has 2 amide bonds. The number of rotatable bonds is 4. The first-order chi connectivity index (χ1) is 10.6. The molecule has 1 aliphatic heterocycles. The Morgan fingerprint density at radius 1 is 1.13 bits per heavy atom. The minimum atomic E-state index is -0.0141. The first kappa shape index (κ1) is 17.8. The molecule has 1 saturated heterocycles. The van der Waals surface area contributed by atoms with Crippen LogP contribution in [0.5, 0.6) is 0 Å². The lowest BCUT2D eigenvalue weighted by Crippen LogP contribution is -2.39. The Bertz CT molecular complexity index is 583. The van der Waals surface area contributed by atoms with Crippen molar-refractivity contribution in [2.75, 3.05) is 32.1 Å². The highest BCUT2D eigenvalue weighted by atomic mass is 35.5. The molecule has 126 valence electrons. The fourth-order valence-electron chi connectivity index (χ4n) is 3.00. The molecule has 5 nitrogen and oxygen atoms in total. The van der Waals surface area contributed by atoms with Crippen molar-refractivity contribution in [2.45, 2.75) is 25.3 Å². The van der Waals surface area contributed by atoms with Gasteiger partial charge in [0, 0.05) is 32.6 Å². The van der Waals surface area contributed by atoms with Gasteiger partial charge in [-0.3, -0.25) is 9.59 Å². The van der Waals surface area contributed by atoms with E-state index in [1.54, 1.807) is 16.8 Å².